The Labute approximate surface area is 95.6 Å². The van der Waals surface area contributed by atoms with Gasteiger partial charge in [-0.1, -0.05) is 13.8 Å². The van der Waals surface area contributed by atoms with Gasteiger partial charge in [0.05, 0.1) is 12.5 Å². The topological polar surface area (TPSA) is 83.6 Å². The molecule has 1 aliphatic rings. The summed E-state index contributed by atoms with van der Waals surface area (Å²) in [5.41, 5.74) is 5.55. The first-order valence-corrected chi connectivity index (χ1v) is 5.68. The predicted molar refractivity (Wildman–Crippen MR) is 59.8 cm³/mol. The molecule has 2 unspecified atom stereocenters. The van der Waals surface area contributed by atoms with Crippen LogP contribution in [-0.2, 0) is 9.59 Å². The molecule has 1 saturated heterocycles. The number of hydrogen-bond acceptors (Lipinski definition) is 3. The summed E-state index contributed by atoms with van der Waals surface area (Å²) in [5, 5.41) is 8.57. The molecule has 0 bridgehead atoms. The standard InChI is InChI=1S/C11H20N2O3/c1-7(2)8-3-4-13(6-8)11(16)9(12)5-10(14)15/h7-9H,3-6,12H2,1-2H3,(H,14,15). The Hall–Kier alpha value is -1.10. The van der Waals surface area contributed by atoms with Crippen molar-refractivity contribution in [1.29, 1.82) is 0 Å². The van der Waals surface area contributed by atoms with Crippen molar-refractivity contribution in [3.63, 3.8) is 0 Å². The quantitative estimate of drug-likeness (QED) is 0.724. The van der Waals surface area contributed by atoms with E-state index in [1.54, 1.807) is 4.90 Å². The number of carbonyl (C=O) groups excluding carboxylic acids is 1. The van der Waals surface area contributed by atoms with Gasteiger partial charge in [0.25, 0.3) is 0 Å². The summed E-state index contributed by atoms with van der Waals surface area (Å²) in [6, 6.07) is -0.900. The molecular formula is C11H20N2O3. The molecule has 16 heavy (non-hydrogen) atoms. The van der Waals surface area contributed by atoms with Crippen LogP contribution in [0.2, 0.25) is 0 Å². The van der Waals surface area contributed by atoms with E-state index in [9.17, 15) is 9.59 Å². The summed E-state index contributed by atoms with van der Waals surface area (Å²) in [6.45, 7) is 5.68. The molecule has 5 heteroatoms. The highest BCUT2D eigenvalue weighted by Crippen LogP contribution is 2.23. The third-order valence-electron chi connectivity index (χ3n) is 3.19. The van der Waals surface area contributed by atoms with Crippen molar-refractivity contribution in [1.82, 2.24) is 4.90 Å². The minimum Gasteiger partial charge on any atom is -0.481 e. The molecule has 0 radical (unpaired) electrons. The molecule has 1 heterocycles. The highest BCUT2D eigenvalue weighted by atomic mass is 16.4. The first-order valence-electron chi connectivity index (χ1n) is 5.68. The van der Waals surface area contributed by atoms with Crippen molar-refractivity contribution in [3.8, 4) is 0 Å². The van der Waals surface area contributed by atoms with E-state index in [0.717, 1.165) is 6.42 Å². The maximum absolute atomic E-state index is 11.8. The molecule has 1 amide bonds. The van der Waals surface area contributed by atoms with E-state index in [1.165, 1.54) is 0 Å². The van der Waals surface area contributed by atoms with Crippen LogP contribution in [0.25, 0.3) is 0 Å². The number of carboxylic acids is 1. The lowest BCUT2D eigenvalue weighted by Crippen LogP contribution is -2.43. The fraction of sp³-hybridized carbons (Fsp3) is 0.818. The second-order valence-electron chi connectivity index (χ2n) is 4.78. The van der Waals surface area contributed by atoms with Crippen molar-refractivity contribution in [2.45, 2.75) is 32.7 Å². The third kappa shape index (κ3) is 3.20. The zero-order valence-corrected chi connectivity index (χ0v) is 9.85. The second kappa shape index (κ2) is 5.30. The van der Waals surface area contributed by atoms with Gasteiger partial charge in [-0.3, -0.25) is 9.59 Å². The molecule has 0 aliphatic carbocycles. The van der Waals surface area contributed by atoms with Gasteiger partial charge in [0.15, 0.2) is 0 Å². The number of amides is 1. The summed E-state index contributed by atoms with van der Waals surface area (Å²) in [6.07, 6.45) is 0.699. The molecule has 0 spiro atoms. The molecule has 0 aromatic carbocycles. The highest BCUT2D eigenvalue weighted by Gasteiger charge is 2.31. The third-order valence-corrected chi connectivity index (χ3v) is 3.19. The van der Waals surface area contributed by atoms with Crippen LogP contribution < -0.4 is 5.73 Å². The van der Waals surface area contributed by atoms with E-state index in [1.807, 2.05) is 0 Å². The molecule has 3 N–H and O–H groups in total. The maximum atomic E-state index is 11.8. The summed E-state index contributed by atoms with van der Waals surface area (Å²) in [7, 11) is 0. The van der Waals surface area contributed by atoms with Crippen LogP contribution in [0.1, 0.15) is 26.7 Å². The lowest BCUT2D eigenvalue weighted by atomic mass is 9.95. The largest absolute Gasteiger partial charge is 0.481 e. The summed E-state index contributed by atoms with van der Waals surface area (Å²) < 4.78 is 0. The average molecular weight is 228 g/mol. The average Bonchev–Trinajstić information content (AvgIpc) is 2.64. The second-order valence-corrected chi connectivity index (χ2v) is 4.78. The molecular weight excluding hydrogens is 208 g/mol. The Morgan fingerprint density at radius 1 is 1.50 bits per heavy atom. The van der Waals surface area contributed by atoms with Crippen LogP contribution in [0, 0.1) is 11.8 Å². The molecule has 0 aromatic heterocycles. The number of nitrogens with two attached hydrogens (primary N) is 1. The number of carboxylic acid groups (broad SMARTS) is 1. The first kappa shape index (κ1) is 13.0. The van der Waals surface area contributed by atoms with E-state index in [4.69, 9.17) is 10.8 Å². The molecule has 5 nitrogen and oxygen atoms in total. The Bertz CT molecular complexity index is 278. The lowest BCUT2D eigenvalue weighted by Gasteiger charge is -2.20. The van der Waals surface area contributed by atoms with Crippen LogP contribution in [0.3, 0.4) is 0 Å². The molecule has 0 aromatic rings. The fourth-order valence-electron chi connectivity index (χ4n) is 2.04. The van der Waals surface area contributed by atoms with E-state index >= 15 is 0 Å². The number of carbonyl (C=O) groups is 2. The first-order chi connectivity index (χ1) is 7.41. The summed E-state index contributed by atoms with van der Waals surface area (Å²) >= 11 is 0. The van der Waals surface area contributed by atoms with Gasteiger partial charge < -0.3 is 15.7 Å². The molecule has 1 rings (SSSR count). The molecule has 92 valence electrons. The van der Waals surface area contributed by atoms with Gasteiger partial charge in [0, 0.05) is 13.1 Å². The van der Waals surface area contributed by atoms with Crippen molar-refractivity contribution >= 4 is 11.9 Å². The van der Waals surface area contributed by atoms with Crippen molar-refractivity contribution in [2.75, 3.05) is 13.1 Å². The highest BCUT2D eigenvalue weighted by molar-refractivity contribution is 5.86. The normalized spacial score (nSPS) is 22.5. The molecule has 1 aliphatic heterocycles. The monoisotopic (exact) mass is 228 g/mol. The van der Waals surface area contributed by atoms with E-state index in [-0.39, 0.29) is 12.3 Å². The zero-order chi connectivity index (χ0) is 12.3. The Morgan fingerprint density at radius 2 is 2.12 bits per heavy atom. The van der Waals surface area contributed by atoms with E-state index in [2.05, 4.69) is 13.8 Å². The Morgan fingerprint density at radius 3 is 2.56 bits per heavy atom. The number of likely N-dealkylation sites (tertiary alicyclic amines) is 1. The smallest absolute Gasteiger partial charge is 0.305 e. The van der Waals surface area contributed by atoms with Gasteiger partial charge in [-0.2, -0.15) is 0 Å². The lowest BCUT2D eigenvalue weighted by molar-refractivity contribution is -0.141. The SMILES string of the molecule is CC(C)C1CCN(C(=O)C(N)CC(=O)O)C1. The molecule has 2 atom stereocenters. The van der Waals surface area contributed by atoms with Gasteiger partial charge in [-0.05, 0) is 18.3 Å². The molecule has 0 saturated carbocycles. The number of nitrogens with zero attached hydrogens (tertiary/aromatic N) is 1. The van der Waals surface area contributed by atoms with Gasteiger partial charge in [-0.15, -0.1) is 0 Å². The van der Waals surface area contributed by atoms with Crippen molar-refractivity contribution in [2.24, 2.45) is 17.6 Å². The van der Waals surface area contributed by atoms with Gasteiger partial charge in [0.1, 0.15) is 0 Å². The minimum atomic E-state index is -1.03. The van der Waals surface area contributed by atoms with Crippen molar-refractivity contribution < 1.29 is 14.7 Å². The Kier molecular flexibility index (Phi) is 4.29. The Balaban J connectivity index is 2.47. The van der Waals surface area contributed by atoms with E-state index < -0.39 is 12.0 Å². The predicted octanol–water partition coefficient (Wildman–Crippen LogP) is 0.293. The number of hydrogen-bond donors (Lipinski definition) is 2. The van der Waals surface area contributed by atoms with Gasteiger partial charge >= 0.3 is 5.97 Å². The van der Waals surface area contributed by atoms with Crippen LogP contribution in [-0.4, -0.2) is 41.0 Å². The maximum Gasteiger partial charge on any atom is 0.305 e. The van der Waals surface area contributed by atoms with Crippen molar-refractivity contribution in [3.05, 3.63) is 0 Å². The van der Waals surface area contributed by atoms with Crippen LogP contribution in [0.15, 0.2) is 0 Å². The summed E-state index contributed by atoms with van der Waals surface area (Å²) in [4.78, 5) is 23.9. The van der Waals surface area contributed by atoms with Gasteiger partial charge in [-0.25, -0.2) is 0 Å². The van der Waals surface area contributed by atoms with Crippen LogP contribution >= 0.6 is 0 Å². The molecule has 1 fully saturated rings. The number of aliphatic carboxylic acids is 1. The van der Waals surface area contributed by atoms with E-state index in [0.29, 0.717) is 24.9 Å². The zero-order valence-electron chi connectivity index (χ0n) is 9.85. The number of rotatable bonds is 4. The fourth-order valence-corrected chi connectivity index (χ4v) is 2.04. The van der Waals surface area contributed by atoms with Gasteiger partial charge in [0.2, 0.25) is 5.91 Å². The van der Waals surface area contributed by atoms with Crippen LogP contribution in [0.4, 0.5) is 0 Å². The summed E-state index contributed by atoms with van der Waals surface area (Å²) in [5.74, 6) is -0.194. The minimum absolute atomic E-state index is 0.231. The van der Waals surface area contributed by atoms with Crippen LogP contribution in [0.5, 0.6) is 0 Å².